The lowest BCUT2D eigenvalue weighted by Gasteiger charge is -2.13. The second-order valence-electron chi connectivity index (χ2n) is 6.25. The summed E-state index contributed by atoms with van der Waals surface area (Å²) in [5.41, 5.74) is 0.107. The zero-order chi connectivity index (χ0) is 20.7. The van der Waals surface area contributed by atoms with E-state index in [1.807, 2.05) is 0 Å². The van der Waals surface area contributed by atoms with Gasteiger partial charge in [-0.25, -0.2) is 14.6 Å². The van der Waals surface area contributed by atoms with Crippen LogP contribution in [0.3, 0.4) is 0 Å². The van der Waals surface area contributed by atoms with Crippen molar-refractivity contribution in [1.82, 2.24) is 4.98 Å². The first-order valence-corrected chi connectivity index (χ1v) is 8.80. The van der Waals surface area contributed by atoms with Crippen molar-refractivity contribution in [3.63, 3.8) is 0 Å². The van der Waals surface area contributed by atoms with Gasteiger partial charge in [0.2, 0.25) is 5.88 Å². The molecule has 0 amide bonds. The number of halogens is 1. The van der Waals surface area contributed by atoms with E-state index in [4.69, 9.17) is 20.8 Å². The second kappa shape index (κ2) is 7.03. The van der Waals surface area contributed by atoms with Crippen molar-refractivity contribution in [3.8, 4) is 11.6 Å². The summed E-state index contributed by atoms with van der Waals surface area (Å²) in [6, 6.07) is 11.1. The molecular weight excluding hydrogens is 398 g/mol. The van der Waals surface area contributed by atoms with Crippen molar-refractivity contribution in [2.75, 3.05) is 0 Å². The van der Waals surface area contributed by atoms with Gasteiger partial charge in [-0.15, -0.1) is 0 Å². The summed E-state index contributed by atoms with van der Waals surface area (Å²) in [6.45, 7) is 1.71. The van der Waals surface area contributed by atoms with Crippen molar-refractivity contribution in [1.29, 1.82) is 0 Å². The van der Waals surface area contributed by atoms with Gasteiger partial charge in [0.15, 0.2) is 11.9 Å². The third-order valence-corrected chi connectivity index (χ3v) is 4.84. The first-order chi connectivity index (χ1) is 13.9. The summed E-state index contributed by atoms with van der Waals surface area (Å²) in [7, 11) is 0. The van der Waals surface area contributed by atoms with E-state index in [0.29, 0.717) is 28.1 Å². The van der Waals surface area contributed by atoms with Gasteiger partial charge in [-0.2, -0.15) is 0 Å². The van der Waals surface area contributed by atoms with Gasteiger partial charge in [0, 0.05) is 16.8 Å². The number of aryl methyl sites for hydroxylation is 1. The maximum atomic E-state index is 11.8. The minimum Gasteiger partial charge on any atom is -0.477 e. The number of aromatic nitrogens is 1. The number of carboxylic acid groups (broad SMARTS) is 1. The lowest BCUT2D eigenvalue weighted by Crippen LogP contribution is -2.06. The zero-order valence-electron chi connectivity index (χ0n) is 14.9. The molecule has 0 atom stereocenters. The van der Waals surface area contributed by atoms with E-state index in [1.165, 1.54) is 12.1 Å². The van der Waals surface area contributed by atoms with Gasteiger partial charge in [0.25, 0.3) is 0 Å². The fourth-order valence-corrected chi connectivity index (χ4v) is 3.42. The van der Waals surface area contributed by atoms with Crippen LogP contribution in [0, 0.1) is 6.92 Å². The summed E-state index contributed by atoms with van der Waals surface area (Å²) in [5, 5.41) is 10.6. The molecule has 4 rings (SSSR count). The van der Waals surface area contributed by atoms with Crippen LogP contribution in [-0.2, 0) is 0 Å². The van der Waals surface area contributed by atoms with Crippen LogP contribution >= 0.6 is 11.6 Å². The number of aldehydes is 1. The normalized spacial score (nSPS) is 11.0. The van der Waals surface area contributed by atoms with Crippen LogP contribution in [0.5, 0.6) is 11.6 Å². The number of nitrogens with zero attached hydrogens (tertiary/aromatic N) is 1. The summed E-state index contributed by atoms with van der Waals surface area (Å²) >= 11 is 6.29. The maximum Gasteiger partial charge on any atom is 0.342 e. The third kappa shape index (κ3) is 3.11. The molecule has 0 unspecified atom stereocenters. The number of fused-ring (bicyclic) bond motifs is 2. The lowest BCUT2D eigenvalue weighted by molar-refractivity contribution is 0.0693. The molecule has 0 bridgehead atoms. The average Bonchev–Trinajstić information content (AvgIpc) is 2.67. The number of para-hydroxylation sites is 1. The van der Waals surface area contributed by atoms with Crippen molar-refractivity contribution < 1.29 is 23.8 Å². The number of ether oxygens (including phenoxy) is 1. The second-order valence-corrected chi connectivity index (χ2v) is 6.63. The molecule has 0 saturated carbocycles. The molecule has 0 radical (unpaired) electrons. The molecule has 144 valence electrons. The van der Waals surface area contributed by atoms with E-state index in [2.05, 4.69) is 4.98 Å². The first-order valence-electron chi connectivity index (χ1n) is 8.42. The molecule has 0 aliphatic carbocycles. The molecule has 0 saturated heterocycles. The zero-order valence-corrected chi connectivity index (χ0v) is 15.7. The van der Waals surface area contributed by atoms with Crippen molar-refractivity contribution in [2.45, 2.75) is 6.92 Å². The molecule has 0 aliphatic heterocycles. The number of hydrogen-bond donors (Lipinski definition) is 1. The number of pyridine rings is 1. The Morgan fingerprint density at radius 1 is 1.21 bits per heavy atom. The molecule has 2 aromatic heterocycles. The van der Waals surface area contributed by atoms with Gasteiger partial charge >= 0.3 is 11.6 Å². The Morgan fingerprint density at radius 2 is 1.97 bits per heavy atom. The largest absolute Gasteiger partial charge is 0.477 e. The monoisotopic (exact) mass is 409 g/mol. The predicted molar refractivity (Wildman–Crippen MR) is 106 cm³/mol. The van der Waals surface area contributed by atoms with Crippen molar-refractivity contribution in [2.24, 2.45) is 0 Å². The maximum absolute atomic E-state index is 11.8. The van der Waals surface area contributed by atoms with Gasteiger partial charge in [-0.1, -0.05) is 29.8 Å². The summed E-state index contributed by atoms with van der Waals surface area (Å²) < 4.78 is 10.9. The number of carboxylic acids is 1. The van der Waals surface area contributed by atoms with E-state index >= 15 is 0 Å². The molecule has 0 spiro atoms. The van der Waals surface area contributed by atoms with Crippen LogP contribution < -0.4 is 10.4 Å². The van der Waals surface area contributed by atoms with E-state index in [0.717, 1.165) is 0 Å². The molecule has 29 heavy (non-hydrogen) atoms. The molecule has 0 aliphatic rings. The highest BCUT2D eigenvalue weighted by atomic mass is 35.5. The molecule has 2 aromatic carbocycles. The van der Waals surface area contributed by atoms with Crippen LogP contribution in [0.4, 0.5) is 0 Å². The highest BCUT2D eigenvalue weighted by molar-refractivity contribution is 6.38. The van der Waals surface area contributed by atoms with Crippen LogP contribution in [0.2, 0.25) is 5.02 Å². The summed E-state index contributed by atoms with van der Waals surface area (Å²) in [5.74, 6) is -1.62. The topological polar surface area (TPSA) is 107 Å². The van der Waals surface area contributed by atoms with Crippen LogP contribution in [0.25, 0.3) is 21.9 Å². The number of carbonyl (C=O) groups is 2. The molecule has 4 aromatic rings. The number of benzene rings is 2. The van der Waals surface area contributed by atoms with Gasteiger partial charge < -0.3 is 14.3 Å². The lowest BCUT2D eigenvalue weighted by atomic mass is 10.1. The predicted octanol–water partition coefficient (Wildman–Crippen LogP) is 4.61. The van der Waals surface area contributed by atoms with E-state index in [-0.39, 0.29) is 33.4 Å². The molecule has 2 heterocycles. The third-order valence-electron chi connectivity index (χ3n) is 4.45. The number of rotatable bonds is 4. The summed E-state index contributed by atoms with van der Waals surface area (Å²) in [6.07, 6.45) is 0.475. The number of carbonyl (C=O) groups excluding carboxylic acids is 1. The van der Waals surface area contributed by atoms with E-state index in [9.17, 15) is 19.5 Å². The highest BCUT2D eigenvalue weighted by Crippen LogP contribution is 2.36. The Labute approximate surface area is 168 Å². The Morgan fingerprint density at radius 3 is 2.69 bits per heavy atom. The fraction of sp³-hybridized carbons (Fsp3) is 0.0476. The van der Waals surface area contributed by atoms with E-state index < -0.39 is 11.6 Å². The Hall–Kier alpha value is -3.71. The van der Waals surface area contributed by atoms with E-state index in [1.54, 1.807) is 37.3 Å². The summed E-state index contributed by atoms with van der Waals surface area (Å²) in [4.78, 5) is 39.5. The fourth-order valence-electron chi connectivity index (χ4n) is 3.10. The van der Waals surface area contributed by atoms with Crippen LogP contribution in [0.15, 0.2) is 51.7 Å². The SMILES string of the molecule is Cc1cc(=O)oc2c(C=O)c(Oc3nc4ccccc4c(Cl)c3C(=O)O)ccc12. The molecule has 7 nitrogen and oxygen atoms in total. The highest BCUT2D eigenvalue weighted by Gasteiger charge is 2.23. The van der Waals surface area contributed by atoms with Crippen molar-refractivity contribution in [3.05, 3.63) is 74.6 Å². The Bertz CT molecular complexity index is 1380. The van der Waals surface area contributed by atoms with Crippen LogP contribution in [-0.4, -0.2) is 22.3 Å². The smallest absolute Gasteiger partial charge is 0.342 e. The van der Waals surface area contributed by atoms with Crippen molar-refractivity contribution >= 4 is 45.7 Å². The van der Waals surface area contributed by atoms with Gasteiger partial charge in [-0.05, 0) is 30.7 Å². The van der Waals surface area contributed by atoms with Crippen LogP contribution in [0.1, 0.15) is 26.3 Å². The Kier molecular flexibility index (Phi) is 4.52. The standard InChI is InChI=1S/C21H12ClNO6/c1-10-8-16(25)29-19-11(10)6-7-15(13(19)9-24)28-20-17(21(26)27)18(22)12-4-2-3-5-14(12)23-20/h2-9H,1H3,(H,26,27). The number of hydrogen-bond acceptors (Lipinski definition) is 6. The van der Waals surface area contributed by atoms with Gasteiger partial charge in [-0.3, -0.25) is 4.79 Å². The minimum atomic E-state index is -1.33. The average molecular weight is 410 g/mol. The Balaban J connectivity index is 1.97. The molecule has 0 fully saturated rings. The van der Waals surface area contributed by atoms with Gasteiger partial charge in [0.05, 0.1) is 10.5 Å². The molecule has 8 heteroatoms. The quantitative estimate of drug-likeness (QED) is 0.387. The van der Waals surface area contributed by atoms with Gasteiger partial charge in [0.1, 0.15) is 16.9 Å². The number of aromatic carboxylic acids is 1. The molecular formula is C21H12ClNO6. The minimum absolute atomic E-state index is 0.0115. The molecule has 1 N–H and O–H groups in total. The first kappa shape index (κ1) is 18.6.